The van der Waals surface area contributed by atoms with E-state index in [2.05, 4.69) is 15.1 Å². The Labute approximate surface area is 99.2 Å². The summed E-state index contributed by atoms with van der Waals surface area (Å²) >= 11 is 0. The van der Waals surface area contributed by atoms with Gasteiger partial charge in [0.2, 0.25) is 0 Å². The fraction of sp³-hybridized carbons (Fsp3) is 0.222. The van der Waals surface area contributed by atoms with Crippen LogP contribution in [0.4, 0.5) is 18.9 Å². The van der Waals surface area contributed by atoms with Gasteiger partial charge in [-0.2, -0.15) is 18.2 Å². The average molecular weight is 259 g/mol. The summed E-state index contributed by atoms with van der Waals surface area (Å²) in [5, 5.41) is 3.77. The second-order valence-electron chi connectivity index (χ2n) is 3.41. The van der Waals surface area contributed by atoms with Crippen LogP contribution in [-0.2, 0) is 13.2 Å². The summed E-state index contributed by atoms with van der Waals surface area (Å²) in [4.78, 5) is 6.90. The van der Waals surface area contributed by atoms with Gasteiger partial charge in [0.15, 0.2) is 5.75 Å². The van der Waals surface area contributed by atoms with E-state index in [0.29, 0.717) is 6.07 Å². The molecule has 0 aliphatic heterocycles. The monoisotopic (exact) mass is 259 g/mol. The van der Waals surface area contributed by atoms with Crippen LogP contribution in [0.3, 0.4) is 0 Å². The Morgan fingerprint density at radius 3 is 2.61 bits per heavy atom. The van der Waals surface area contributed by atoms with Crippen molar-refractivity contribution in [2.75, 3.05) is 5.73 Å². The van der Waals surface area contributed by atoms with Crippen molar-refractivity contribution >= 4 is 5.69 Å². The molecule has 96 valence electrons. The van der Waals surface area contributed by atoms with Crippen LogP contribution < -0.4 is 10.5 Å². The SMILES string of the molecule is Cn1cnc(Oc2cc(C(F)(F)F)ncc2N)n1. The highest BCUT2D eigenvalue weighted by Gasteiger charge is 2.33. The van der Waals surface area contributed by atoms with Crippen molar-refractivity contribution in [3.63, 3.8) is 0 Å². The normalized spacial score (nSPS) is 11.6. The highest BCUT2D eigenvalue weighted by molar-refractivity contribution is 5.52. The summed E-state index contributed by atoms with van der Waals surface area (Å²) in [7, 11) is 1.59. The van der Waals surface area contributed by atoms with Gasteiger partial charge in [0.05, 0.1) is 11.9 Å². The minimum atomic E-state index is -4.57. The second-order valence-corrected chi connectivity index (χ2v) is 3.41. The molecule has 0 aliphatic carbocycles. The summed E-state index contributed by atoms with van der Waals surface area (Å²) in [6, 6.07) is 0.606. The van der Waals surface area contributed by atoms with Crippen molar-refractivity contribution in [3.05, 3.63) is 24.3 Å². The lowest BCUT2D eigenvalue weighted by Gasteiger charge is -2.09. The van der Waals surface area contributed by atoms with Crippen LogP contribution in [0, 0.1) is 0 Å². The lowest BCUT2D eigenvalue weighted by molar-refractivity contribution is -0.141. The first-order chi connectivity index (χ1) is 8.36. The Bertz CT molecular complexity index is 566. The molecule has 0 fully saturated rings. The molecule has 6 nitrogen and oxygen atoms in total. The van der Waals surface area contributed by atoms with E-state index in [-0.39, 0.29) is 17.4 Å². The van der Waals surface area contributed by atoms with E-state index < -0.39 is 11.9 Å². The van der Waals surface area contributed by atoms with Crippen molar-refractivity contribution in [1.82, 2.24) is 19.7 Å². The van der Waals surface area contributed by atoms with Gasteiger partial charge in [0.1, 0.15) is 12.0 Å². The number of alkyl halides is 3. The zero-order chi connectivity index (χ0) is 13.3. The van der Waals surface area contributed by atoms with Gasteiger partial charge in [-0.1, -0.05) is 0 Å². The Morgan fingerprint density at radius 1 is 1.33 bits per heavy atom. The van der Waals surface area contributed by atoms with Gasteiger partial charge in [0.25, 0.3) is 0 Å². The maximum Gasteiger partial charge on any atom is 0.433 e. The molecule has 2 N–H and O–H groups in total. The molecule has 0 aliphatic rings. The van der Waals surface area contributed by atoms with Crippen molar-refractivity contribution in [2.24, 2.45) is 7.05 Å². The first kappa shape index (κ1) is 12.1. The highest BCUT2D eigenvalue weighted by Crippen LogP contribution is 2.33. The van der Waals surface area contributed by atoms with Gasteiger partial charge in [-0.3, -0.25) is 4.68 Å². The predicted octanol–water partition coefficient (Wildman–Crippen LogP) is 1.60. The third-order valence-electron chi connectivity index (χ3n) is 1.97. The zero-order valence-corrected chi connectivity index (χ0v) is 9.14. The summed E-state index contributed by atoms with van der Waals surface area (Å²) in [6.07, 6.45) is -2.35. The molecule has 0 saturated heterocycles. The average Bonchev–Trinajstić information content (AvgIpc) is 2.66. The number of hydrogen-bond donors (Lipinski definition) is 1. The maximum absolute atomic E-state index is 12.4. The molecule has 18 heavy (non-hydrogen) atoms. The van der Waals surface area contributed by atoms with Gasteiger partial charge < -0.3 is 10.5 Å². The van der Waals surface area contributed by atoms with Crippen LogP contribution in [0.2, 0.25) is 0 Å². The van der Waals surface area contributed by atoms with Gasteiger partial charge in [-0.15, -0.1) is 5.10 Å². The molecule has 0 atom stereocenters. The third-order valence-corrected chi connectivity index (χ3v) is 1.97. The molecule has 0 bridgehead atoms. The van der Waals surface area contributed by atoms with Crippen molar-refractivity contribution in [3.8, 4) is 11.8 Å². The van der Waals surface area contributed by atoms with E-state index in [1.54, 1.807) is 7.05 Å². The van der Waals surface area contributed by atoms with Crippen molar-refractivity contribution in [1.29, 1.82) is 0 Å². The standard InChI is InChI=1S/C9H8F3N5O/c1-17-4-15-8(16-17)18-6-2-7(9(10,11)12)14-3-5(6)13/h2-4H,13H2,1H3. The van der Waals surface area contributed by atoms with E-state index in [0.717, 1.165) is 6.20 Å². The van der Waals surface area contributed by atoms with E-state index in [1.165, 1.54) is 11.0 Å². The van der Waals surface area contributed by atoms with Crippen LogP contribution in [0.15, 0.2) is 18.6 Å². The lowest BCUT2D eigenvalue weighted by Crippen LogP contribution is -2.09. The zero-order valence-electron chi connectivity index (χ0n) is 9.14. The van der Waals surface area contributed by atoms with E-state index in [9.17, 15) is 13.2 Å². The Kier molecular flexibility index (Phi) is 2.81. The fourth-order valence-electron chi connectivity index (χ4n) is 1.16. The molecule has 2 heterocycles. The molecule has 0 aromatic carbocycles. The Balaban J connectivity index is 2.32. The number of ether oxygens (including phenoxy) is 1. The molecule has 0 radical (unpaired) electrons. The lowest BCUT2D eigenvalue weighted by atomic mass is 10.3. The molecular formula is C9H8F3N5O. The number of nitrogens with two attached hydrogens (primary N) is 1. The summed E-state index contributed by atoms with van der Waals surface area (Å²) in [5.74, 6) is -0.191. The van der Waals surface area contributed by atoms with Crippen LogP contribution in [0.5, 0.6) is 11.8 Å². The van der Waals surface area contributed by atoms with Crippen LogP contribution in [-0.4, -0.2) is 19.7 Å². The van der Waals surface area contributed by atoms with Gasteiger partial charge >= 0.3 is 12.2 Å². The van der Waals surface area contributed by atoms with Gasteiger partial charge in [-0.25, -0.2) is 4.98 Å². The molecule has 0 unspecified atom stereocenters. The molecule has 2 aromatic rings. The number of anilines is 1. The third kappa shape index (κ3) is 2.50. The first-order valence-corrected chi connectivity index (χ1v) is 4.72. The maximum atomic E-state index is 12.4. The topological polar surface area (TPSA) is 78.8 Å². The number of rotatable bonds is 2. The molecular weight excluding hydrogens is 251 g/mol. The predicted molar refractivity (Wildman–Crippen MR) is 54.7 cm³/mol. The number of aryl methyl sites for hydroxylation is 1. The largest absolute Gasteiger partial charge is 0.433 e. The molecule has 2 aromatic heterocycles. The van der Waals surface area contributed by atoms with Crippen LogP contribution in [0.1, 0.15) is 5.69 Å². The summed E-state index contributed by atoms with van der Waals surface area (Å²) in [6.45, 7) is 0. The molecule has 2 rings (SSSR count). The minimum absolute atomic E-state index is 0.0320. The molecule has 0 spiro atoms. The van der Waals surface area contributed by atoms with Gasteiger partial charge in [0, 0.05) is 13.1 Å². The number of aromatic nitrogens is 4. The fourth-order valence-corrected chi connectivity index (χ4v) is 1.16. The Morgan fingerprint density at radius 2 is 2.06 bits per heavy atom. The van der Waals surface area contributed by atoms with E-state index >= 15 is 0 Å². The molecule has 0 saturated carbocycles. The smallest absolute Gasteiger partial charge is 0.421 e. The van der Waals surface area contributed by atoms with Crippen LogP contribution >= 0.6 is 0 Å². The van der Waals surface area contributed by atoms with Gasteiger partial charge in [-0.05, 0) is 0 Å². The number of pyridine rings is 1. The molecule has 0 amide bonds. The van der Waals surface area contributed by atoms with Crippen molar-refractivity contribution < 1.29 is 17.9 Å². The second kappa shape index (κ2) is 4.17. The van der Waals surface area contributed by atoms with Crippen LogP contribution in [0.25, 0.3) is 0 Å². The number of nitrogen functional groups attached to an aromatic ring is 1. The number of hydrogen-bond acceptors (Lipinski definition) is 5. The summed E-state index contributed by atoms with van der Waals surface area (Å²) < 4.78 is 43.7. The number of nitrogens with zero attached hydrogens (tertiary/aromatic N) is 4. The highest BCUT2D eigenvalue weighted by atomic mass is 19.4. The minimum Gasteiger partial charge on any atom is -0.421 e. The quantitative estimate of drug-likeness (QED) is 0.886. The summed E-state index contributed by atoms with van der Waals surface area (Å²) in [5.41, 5.74) is 4.34. The van der Waals surface area contributed by atoms with Crippen molar-refractivity contribution in [2.45, 2.75) is 6.18 Å². The Hall–Kier alpha value is -2.32. The van der Waals surface area contributed by atoms with E-state index in [4.69, 9.17) is 10.5 Å². The molecule has 9 heteroatoms. The number of halogens is 3. The first-order valence-electron chi connectivity index (χ1n) is 4.72. The van der Waals surface area contributed by atoms with E-state index in [1.807, 2.05) is 0 Å².